The number of anilines is 2. The number of carboxylic acid groups (broad SMARTS) is 1. The highest BCUT2D eigenvalue weighted by Crippen LogP contribution is 2.28. The van der Waals surface area contributed by atoms with Crippen LogP contribution >= 0.6 is 0 Å². The number of rotatable bonds is 3. The van der Waals surface area contributed by atoms with E-state index in [0.717, 1.165) is 18.8 Å². The van der Waals surface area contributed by atoms with Crippen LogP contribution in [0.3, 0.4) is 0 Å². The minimum Gasteiger partial charge on any atom is -0.481 e. The summed E-state index contributed by atoms with van der Waals surface area (Å²) in [6, 6.07) is 7.86. The molecule has 3 rings (SSSR count). The van der Waals surface area contributed by atoms with Gasteiger partial charge in [0.2, 0.25) is 5.91 Å². The number of aliphatic carboxylic acids is 1. The molecule has 0 radical (unpaired) electrons. The summed E-state index contributed by atoms with van der Waals surface area (Å²) in [5.74, 6) is -1.58. The molecule has 0 aliphatic carbocycles. The molecule has 2 aliphatic rings. The van der Waals surface area contributed by atoms with Gasteiger partial charge in [0.25, 0.3) is 0 Å². The highest BCUT2D eigenvalue weighted by atomic mass is 16.4. The number of benzene rings is 1. The molecule has 20 heavy (non-hydrogen) atoms. The van der Waals surface area contributed by atoms with Gasteiger partial charge in [0, 0.05) is 37.4 Å². The molecule has 1 atom stereocenters. The van der Waals surface area contributed by atoms with Crippen LogP contribution in [0.25, 0.3) is 0 Å². The molecular formula is C15H18N2O3. The molecule has 106 valence electrons. The summed E-state index contributed by atoms with van der Waals surface area (Å²) in [5.41, 5.74) is 1.97. The van der Waals surface area contributed by atoms with Crippen LogP contribution in [0.2, 0.25) is 0 Å². The second kappa shape index (κ2) is 5.15. The number of carboxylic acids is 1. The van der Waals surface area contributed by atoms with Crippen LogP contribution in [-0.2, 0) is 9.59 Å². The summed E-state index contributed by atoms with van der Waals surface area (Å²) in [7, 11) is 0. The first-order valence-electron chi connectivity index (χ1n) is 7.03. The van der Waals surface area contributed by atoms with Gasteiger partial charge in [-0.1, -0.05) is 0 Å². The maximum atomic E-state index is 11.9. The van der Waals surface area contributed by atoms with Crippen LogP contribution in [0, 0.1) is 5.92 Å². The van der Waals surface area contributed by atoms with Gasteiger partial charge >= 0.3 is 5.97 Å². The number of hydrogen-bond donors (Lipinski definition) is 1. The van der Waals surface area contributed by atoms with Crippen molar-refractivity contribution in [2.75, 3.05) is 29.4 Å². The van der Waals surface area contributed by atoms with Crippen molar-refractivity contribution in [2.24, 2.45) is 5.92 Å². The molecule has 2 aliphatic heterocycles. The number of carbonyl (C=O) groups excluding carboxylic acids is 1. The quantitative estimate of drug-likeness (QED) is 0.911. The highest BCUT2D eigenvalue weighted by molar-refractivity contribution is 5.99. The third-order valence-electron chi connectivity index (χ3n) is 4.11. The van der Waals surface area contributed by atoms with E-state index in [4.69, 9.17) is 5.11 Å². The lowest BCUT2D eigenvalue weighted by Crippen LogP contribution is -2.25. The Morgan fingerprint density at radius 3 is 2.25 bits per heavy atom. The predicted octanol–water partition coefficient (Wildman–Crippen LogP) is 1.72. The van der Waals surface area contributed by atoms with E-state index in [1.54, 1.807) is 4.90 Å². The van der Waals surface area contributed by atoms with Crippen LogP contribution in [0.1, 0.15) is 19.3 Å². The molecule has 1 amide bonds. The normalized spacial score (nSPS) is 22.6. The summed E-state index contributed by atoms with van der Waals surface area (Å²) in [4.78, 5) is 26.8. The average Bonchev–Trinajstić information content (AvgIpc) is 3.08. The molecule has 2 heterocycles. The molecule has 5 heteroatoms. The molecule has 1 aromatic carbocycles. The van der Waals surface area contributed by atoms with Crippen molar-refractivity contribution in [3.63, 3.8) is 0 Å². The van der Waals surface area contributed by atoms with Gasteiger partial charge in [-0.25, -0.2) is 0 Å². The van der Waals surface area contributed by atoms with Gasteiger partial charge in [0.1, 0.15) is 0 Å². The Morgan fingerprint density at radius 1 is 1.10 bits per heavy atom. The Labute approximate surface area is 117 Å². The molecule has 1 unspecified atom stereocenters. The van der Waals surface area contributed by atoms with E-state index >= 15 is 0 Å². The molecule has 0 bridgehead atoms. The number of amides is 1. The first kappa shape index (κ1) is 13.0. The molecule has 2 saturated heterocycles. The van der Waals surface area contributed by atoms with Gasteiger partial charge in [-0.2, -0.15) is 0 Å². The second-order valence-corrected chi connectivity index (χ2v) is 5.45. The van der Waals surface area contributed by atoms with E-state index in [1.165, 1.54) is 18.5 Å². The predicted molar refractivity (Wildman–Crippen MR) is 76.0 cm³/mol. The van der Waals surface area contributed by atoms with E-state index in [9.17, 15) is 9.59 Å². The van der Waals surface area contributed by atoms with Crippen molar-refractivity contribution < 1.29 is 14.7 Å². The first-order valence-corrected chi connectivity index (χ1v) is 7.03. The Morgan fingerprint density at radius 2 is 1.70 bits per heavy atom. The van der Waals surface area contributed by atoms with Crippen LogP contribution in [0.5, 0.6) is 0 Å². The lowest BCUT2D eigenvalue weighted by molar-refractivity contribution is -0.141. The zero-order chi connectivity index (χ0) is 14.1. The molecule has 0 saturated carbocycles. The molecular weight excluding hydrogens is 256 g/mol. The van der Waals surface area contributed by atoms with Gasteiger partial charge in [0.15, 0.2) is 0 Å². The zero-order valence-corrected chi connectivity index (χ0v) is 11.3. The van der Waals surface area contributed by atoms with Crippen LogP contribution in [-0.4, -0.2) is 36.6 Å². The molecule has 5 nitrogen and oxygen atoms in total. The summed E-state index contributed by atoms with van der Waals surface area (Å²) < 4.78 is 0. The lowest BCUT2D eigenvalue weighted by atomic mass is 10.1. The fraction of sp³-hybridized carbons (Fsp3) is 0.467. The monoisotopic (exact) mass is 274 g/mol. The lowest BCUT2D eigenvalue weighted by Gasteiger charge is -2.20. The van der Waals surface area contributed by atoms with Crippen LogP contribution < -0.4 is 9.80 Å². The smallest absolute Gasteiger partial charge is 0.308 e. The van der Waals surface area contributed by atoms with Gasteiger partial charge < -0.3 is 14.9 Å². The Kier molecular flexibility index (Phi) is 3.34. The van der Waals surface area contributed by atoms with Crippen molar-refractivity contribution in [3.8, 4) is 0 Å². The number of nitrogens with zero attached hydrogens (tertiary/aromatic N) is 2. The molecule has 1 N–H and O–H groups in total. The maximum Gasteiger partial charge on any atom is 0.308 e. The van der Waals surface area contributed by atoms with Gasteiger partial charge in [-0.3, -0.25) is 9.59 Å². The second-order valence-electron chi connectivity index (χ2n) is 5.45. The minimum absolute atomic E-state index is 0.100. The van der Waals surface area contributed by atoms with Crippen molar-refractivity contribution in [1.82, 2.24) is 0 Å². The fourth-order valence-corrected chi connectivity index (χ4v) is 2.94. The minimum atomic E-state index is -0.894. The van der Waals surface area contributed by atoms with E-state index in [2.05, 4.69) is 4.90 Å². The first-order chi connectivity index (χ1) is 9.65. The van der Waals surface area contributed by atoms with E-state index in [-0.39, 0.29) is 18.9 Å². The summed E-state index contributed by atoms with van der Waals surface area (Å²) in [6.45, 7) is 2.45. The van der Waals surface area contributed by atoms with E-state index in [1.807, 2.05) is 24.3 Å². The van der Waals surface area contributed by atoms with E-state index < -0.39 is 11.9 Å². The van der Waals surface area contributed by atoms with Crippen molar-refractivity contribution in [1.29, 1.82) is 0 Å². The summed E-state index contributed by atoms with van der Waals surface area (Å²) >= 11 is 0. The van der Waals surface area contributed by atoms with Crippen molar-refractivity contribution in [3.05, 3.63) is 24.3 Å². The summed E-state index contributed by atoms with van der Waals surface area (Å²) in [5, 5.41) is 9.00. The standard InChI is InChI=1S/C15H18N2O3/c18-14-9-11(15(19)20)10-17(14)13-5-3-12(4-6-13)16-7-1-2-8-16/h3-6,11H,1-2,7-10H2,(H,19,20). The largest absolute Gasteiger partial charge is 0.481 e. The molecule has 0 spiro atoms. The topological polar surface area (TPSA) is 60.9 Å². The van der Waals surface area contributed by atoms with Gasteiger partial charge in [-0.15, -0.1) is 0 Å². The third-order valence-corrected chi connectivity index (χ3v) is 4.11. The summed E-state index contributed by atoms with van der Waals surface area (Å²) in [6.07, 6.45) is 2.56. The number of hydrogen-bond acceptors (Lipinski definition) is 3. The van der Waals surface area contributed by atoms with Gasteiger partial charge in [-0.05, 0) is 37.1 Å². The van der Waals surface area contributed by atoms with Crippen molar-refractivity contribution >= 4 is 23.3 Å². The molecule has 1 aromatic rings. The van der Waals surface area contributed by atoms with Crippen molar-refractivity contribution in [2.45, 2.75) is 19.3 Å². The van der Waals surface area contributed by atoms with Crippen LogP contribution in [0.15, 0.2) is 24.3 Å². The Hall–Kier alpha value is -2.04. The van der Waals surface area contributed by atoms with Gasteiger partial charge in [0.05, 0.1) is 5.92 Å². The third kappa shape index (κ3) is 2.35. The van der Waals surface area contributed by atoms with E-state index in [0.29, 0.717) is 0 Å². The number of carbonyl (C=O) groups is 2. The maximum absolute atomic E-state index is 11.9. The average molecular weight is 274 g/mol. The van der Waals surface area contributed by atoms with Crippen LogP contribution in [0.4, 0.5) is 11.4 Å². The Bertz CT molecular complexity index is 520. The molecule has 0 aromatic heterocycles. The zero-order valence-electron chi connectivity index (χ0n) is 11.3. The molecule has 2 fully saturated rings. The SMILES string of the molecule is O=C(O)C1CC(=O)N(c2ccc(N3CCCC3)cc2)C1. The fourth-order valence-electron chi connectivity index (χ4n) is 2.94. The Balaban J connectivity index is 1.74. The highest BCUT2D eigenvalue weighted by Gasteiger charge is 2.35.